The van der Waals surface area contributed by atoms with E-state index in [1.165, 1.54) is 70.2 Å². The molecule has 0 radical (unpaired) electrons. The highest BCUT2D eigenvalue weighted by molar-refractivity contribution is 6.01. The van der Waals surface area contributed by atoms with Crippen molar-refractivity contribution in [3.63, 3.8) is 0 Å². The zero-order valence-corrected chi connectivity index (χ0v) is 22.3. The molecule has 1 aromatic rings. The van der Waals surface area contributed by atoms with E-state index in [1.807, 2.05) is 12.1 Å². The molecule has 2 aliphatic heterocycles. The van der Waals surface area contributed by atoms with Crippen LogP contribution in [0.1, 0.15) is 99.9 Å². The van der Waals surface area contributed by atoms with Crippen LogP contribution in [-0.4, -0.2) is 48.3 Å². The van der Waals surface area contributed by atoms with Gasteiger partial charge in [-0.25, -0.2) is 0 Å². The number of piperidine rings is 2. The maximum atomic E-state index is 12.3. The third-order valence-corrected chi connectivity index (χ3v) is 9.23. The van der Waals surface area contributed by atoms with Crippen molar-refractivity contribution < 1.29 is 14.4 Å². The van der Waals surface area contributed by atoms with E-state index < -0.39 is 0 Å². The normalized spacial score (nSPS) is 25.0. The zero-order valence-electron chi connectivity index (χ0n) is 22.3. The van der Waals surface area contributed by atoms with E-state index in [0.29, 0.717) is 35.9 Å². The number of nitrogens with one attached hydrogen (secondary N) is 1. The predicted molar refractivity (Wildman–Crippen MR) is 147 cm³/mol. The smallest absolute Gasteiger partial charge is 0.230 e. The number of allylic oxidation sites excluding steroid dienone is 2. The monoisotopic (exact) mass is 503 g/mol. The average molecular weight is 504 g/mol. The van der Waals surface area contributed by atoms with Crippen LogP contribution in [0.2, 0.25) is 0 Å². The molecule has 4 aliphatic rings. The Balaban J connectivity index is 1.21. The van der Waals surface area contributed by atoms with Crippen molar-refractivity contribution in [1.82, 2.24) is 10.2 Å². The Bertz CT molecular complexity index is 1090. The minimum absolute atomic E-state index is 0.0121. The fourth-order valence-electron chi connectivity index (χ4n) is 6.81. The number of Topliss-reactive ketones (excluding diaryl/α,β-unsaturated/α-hetero) is 1. The van der Waals surface area contributed by atoms with Crippen LogP contribution in [-0.2, 0) is 9.59 Å². The Hall–Kier alpha value is -2.60. The zero-order chi connectivity index (χ0) is 25.8. The number of hydrogen-bond donors (Lipinski definition) is 1. The van der Waals surface area contributed by atoms with E-state index in [4.69, 9.17) is 0 Å². The van der Waals surface area contributed by atoms with Crippen LogP contribution in [0.4, 0.5) is 5.69 Å². The molecular weight excluding hydrogens is 462 g/mol. The number of hydrogen-bond acceptors (Lipinski definition) is 5. The van der Waals surface area contributed by atoms with Gasteiger partial charge < -0.3 is 4.90 Å². The lowest BCUT2D eigenvalue weighted by molar-refractivity contribution is -0.136. The second-order valence-electron chi connectivity index (χ2n) is 11.9. The van der Waals surface area contributed by atoms with E-state index in [9.17, 15) is 14.4 Å². The van der Waals surface area contributed by atoms with Gasteiger partial charge in [0.05, 0.1) is 5.69 Å². The number of benzene rings is 1. The largest absolute Gasteiger partial charge is 0.303 e. The van der Waals surface area contributed by atoms with Gasteiger partial charge in [0.1, 0.15) is 0 Å². The molecule has 1 spiro atoms. The number of nitrogens with zero attached hydrogens (tertiary/aromatic N) is 2. The standard InChI is InChI=1S/C31H41N3O3/c1-22(35)27-9-7-25(19-28(27)32-16-12-24-8-10-29(36)33-30(24)37)26-11-13-31(20-26)14-17-34(18-15-31)21-23-5-3-2-4-6-23/h7,9,11,16,19,23-24H,2-6,8,10,12-15,17-18,20-21H2,1H3,(H,33,36,37)/b32-16-. The molecule has 198 valence electrons. The number of imide groups is 1. The fraction of sp³-hybridized carbons (Fsp3) is 0.613. The summed E-state index contributed by atoms with van der Waals surface area (Å²) >= 11 is 0. The molecule has 1 aromatic carbocycles. The molecule has 6 heteroatoms. The summed E-state index contributed by atoms with van der Waals surface area (Å²) in [5.74, 6) is 0.222. The van der Waals surface area contributed by atoms with Crippen molar-refractivity contribution in [2.45, 2.75) is 84.0 Å². The molecular formula is C31H41N3O3. The highest BCUT2D eigenvalue weighted by Crippen LogP contribution is 2.49. The van der Waals surface area contributed by atoms with Crippen molar-refractivity contribution in [1.29, 1.82) is 0 Å². The second-order valence-corrected chi connectivity index (χ2v) is 11.9. The van der Waals surface area contributed by atoms with Gasteiger partial charge in [-0.1, -0.05) is 31.4 Å². The van der Waals surface area contributed by atoms with Gasteiger partial charge in [-0.05, 0) is 106 Å². The Morgan fingerprint density at radius 1 is 1.14 bits per heavy atom. The summed E-state index contributed by atoms with van der Waals surface area (Å²) in [6.07, 6.45) is 17.4. The molecule has 2 heterocycles. The summed E-state index contributed by atoms with van der Waals surface area (Å²) < 4.78 is 0. The van der Waals surface area contributed by atoms with Gasteiger partial charge >= 0.3 is 0 Å². The molecule has 1 N–H and O–H groups in total. The topological polar surface area (TPSA) is 78.8 Å². The van der Waals surface area contributed by atoms with E-state index in [-0.39, 0.29) is 23.5 Å². The second kappa shape index (κ2) is 11.4. The van der Waals surface area contributed by atoms with Crippen molar-refractivity contribution in [3.8, 4) is 0 Å². The van der Waals surface area contributed by atoms with E-state index in [0.717, 1.165) is 24.3 Å². The van der Waals surface area contributed by atoms with Crippen LogP contribution in [0.5, 0.6) is 0 Å². The molecule has 0 aromatic heterocycles. The maximum absolute atomic E-state index is 12.3. The number of ketones is 1. The van der Waals surface area contributed by atoms with Crippen molar-refractivity contribution >= 4 is 35.1 Å². The highest BCUT2D eigenvalue weighted by atomic mass is 16.2. The molecule has 6 nitrogen and oxygen atoms in total. The first-order chi connectivity index (χ1) is 17.9. The minimum atomic E-state index is -0.244. The first kappa shape index (κ1) is 26.0. The lowest BCUT2D eigenvalue weighted by Crippen LogP contribution is -2.41. The Labute approximate surface area is 221 Å². The van der Waals surface area contributed by atoms with Gasteiger partial charge in [-0.3, -0.25) is 24.7 Å². The summed E-state index contributed by atoms with van der Waals surface area (Å²) in [5, 5.41) is 2.40. The Morgan fingerprint density at radius 3 is 2.65 bits per heavy atom. The van der Waals surface area contributed by atoms with E-state index in [1.54, 1.807) is 13.1 Å². The van der Waals surface area contributed by atoms with Gasteiger partial charge in [-0.15, -0.1) is 0 Å². The molecule has 1 saturated carbocycles. The Kier molecular flexibility index (Phi) is 8.04. The van der Waals surface area contributed by atoms with Crippen LogP contribution in [0.15, 0.2) is 29.3 Å². The molecule has 2 amide bonds. The molecule has 1 atom stereocenters. The molecule has 1 unspecified atom stereocenters. The van der Waals surface area contributed by atoms with Crippen molar-refractivity contribution in [3.05, 3.63) is 35.4 Å². The Morgan fingerprint density at radius 2 is 1.92 bits per heavy atom. The van der Waals surface area contributed by atoms with Crippen molar-refractivity contribution in [2.24, 2.45) is 22.2 Å². The van der Waals surface area contributed by atoms with Gasteiger partial charge in [0, 0.05) is 30.7 Å². The number of rotatable bonds is 7. The van der Waals surface area contributed by atoms with Gasteiger partial charge in [-0.2, -0.15) is 0 Å². The van der Waals surface area contributed by atoms with E-state index in [2.05, 4.69) is 27.4 Å². The fourth-order valence-corrected chi connectivity index (χ4v) is 6.81. The molecule has 2 saturated heterocycles. The first-order valence-electron chi connectivity index (χ1n) is 14.3. The maximum Gasteiger partial charge on any atom is 0.230 e. The lowest BCUT2D eigenvalue weighted by atomic mass is 9.75. The quantitative estimate of drug-likeness (QED) is 0.287. The third kappa shape index (κ3) is 6.28. The summed E-state index contributed by atoms with van der Waals surface area (Å²) in [5.41, 5.74) is 4.18. The molecule has 0 bridgehead atoms. The minimum Gasteiger partial charge on any atom is -0.303 e. The van der Waals surface area contributed by atoms with Crippen LogP contribution >= 0.6 is 0 Å². The summed E-state index contributed by atoms with van der Waals surface area (Å²) in [4.78, 5) is 43.1. The molecule has 3 fully saturated rings. The molecule has 5 rings (SSSR count). The van der Waals surface area contributed by atoms with Gasteiger partial charge in [0.25, 0.3) is 0 Å². The number of carbonyl (C=O) groups is 3. The summed E-state index contributed by atoms with van der Waals surface area (Å²) in [6, 6.07) is 6.01. The molecule has 37 heavy (non-hydrogen) atoms. The first-order valence-corrected chi connectivity index (χ1v) is 14.3. The summed E-state index contributed by atoms with van der Waals surface area (Å²) in [6.45, 7) is 5.30. The molecule has 2 aliphatic carbocycles. The number of carbonyl (C=O) groups excluding carboxylic acids is 3. The average Bonchev–Trinajstić information content (AvgIpc) is 3.31. The van der Waals surface area contributed by atoms with Crippen LogP contribution in [0.25, 0.3) is 5.57 Å². The van der Waals surface area contributed by atoms with Gasteiger partial charge in [0.2, 0.25) is 11.8 Å². The van der Waals surface area contributed by atoms with Crippen LogP contribution in [0.3, 0.4) is 0 Å². The highest BCUT2D eigenvalue weighted by Gasteiger charge is 2.38. The van der Waals surface area contributed by atoms with E-state index >= 15 is 0 Å². The predicted octanol–water partition coefficient (Wildman–Crippen LogP) is 5.87. The summed E-state index contributed by atoms with van der Waals surface area (Å²) in [7, 11) is 0. The lowest BCUT2D eigenvalue weighted by Gasteiger charge is -2.41. The van der Waals surface area contributed by atoms with Crippen LogP contribution in [0, 0.1) is 17.3 Å². The number of amides is 2. The number of aliphatic imine (C=N–C) groups is 1. The van der Waals surface area contributed by atoms with Gasteiger partial charge in [0.15, 0.2) is 5.78 Å². The van der Waals surface area contributed by atoms with Crippen LogP contribution < -0.4 is 5.32 Å². The third-order valence-electron chi connectivity index (χ3n) is 9.23. The number of likely N-dealkylation sites (tertiary alicyclic amines) is 1. The van der Waals surface area contributed by atoms with Crippen molar-refractivity contribution in [2.75, 3.05) is 19.6 Å². The SMILES string of the molecule is CC(=O)c1ccc(C2=CCC3(CCN(CC4CCCCC4)CC3)C2)cc1/N=C\CC1CCC(=O)NC1=O.